The number of hydrogen-bond acceptors (Lipinski definition) is 8. The fourth-order valence-corrected chi connectivity index (χ4v) is 7.17. The summed E-state index contributed by atoms with van der Waals surface area (Å²) < 4.78 is 10.2. The molecular weight excluding hydrogens is 1100 g/mol. The van der Waals surface area contributed by atoms with Crippen molar-refractivity contribution in [3.8, 4) is 0 Å². The Kier molecular flexibility index (Phi) is 105. The smallest absolute Gasteiger partial charge is 0.407 e. The van der Waals surface area contributed by atoms with Gasteiger partial charge in [-0.3, -0.25) is 24.0 Å². The lowest BCUT2D eigenvalue weighted by Crippen LogP contribution is -2.47. The number of nitrogens with one attached hydrogen (secondary N) is 6. The Hall–Kier alpha value is -3.94. The van der Waals surface area contributed by atoms with Crippen molar-refractivity contribution >= 4 is 36.1 Å². The second-order valence-corrected chi connectivity index (χ2v) is 23.3. The van der Waals surface area contributed by atoms with Gasteiger partial charge in [0, 0.05) is 46.1 Å². The molecule has 2 atom stereocenters. The molecule has 14 nitrogen and oxygen atoms in total. The van der Waals surface area contributed by atoms with E-state index in [2.05, 4.69) is 106 Å². The molecule has 0 radical (unpaired) electrons. The van der Waals surface area contributed by atoms with E-state index in [0.29, 0.717) is 84.0 Å². The molecule has 0 aromatic heterocycles. The summed E-state index contributed by atoms with van der Waals surface area (Å²) in [6.07, 6.45) is 40.8. The first-order valence-corrected chi connectivity index (χ1v) is 36.2. The van der Waals surface area contributed by atoms with E-state index in [1.54, 1.807) is 34.0 Å². The average Bonchev–Trinajstić information content (AvgIpc) is 3.50. The maximum Gasteiger partial charge on any atom is 0.407 e. The summed E-state index contributed by atoms with van der Waals surface area (Å²) in [6.45, 7) is 48.1. The van der Waals surface area contributed by atoms with Crippen LogP contribution in [0, 0.1) is 0 Å². The van der Waals surface area contributed by atoms with Gasteiger partial charge in [0.2, 0.25) is 30.0 Å². The highest BCUT2D eigenvalue weighted by atomic mass is 16.6. The molecule has 0 aliphatic carbocycles. The molecule has 2 unspecified atom stereocenters. The van der Waals surface area contributed by atoms with Crippen LogP contribution in [0.15, 0.2) is 24.8 Å². The van der Waals surface area contributed by atoms with Crippen molar-refractivity contribution < 1.29 is 38.2 Å². The zero-order chi connectivity index (χ0) is 69.4. The third-order valence-electron chi connectivity index (χ3n) is 12.2. The van der Waals surface area contributed by atoms with Crippen LogP contribution in [0.1, 0.15) is 364 Å². The molecule has 0 saturated heterocycles. The molecule has 0 heterocycles. The van der Waals surface area contributed by atoms with Crippen LogP contribution in [0.3, 0.4) is 0 Å². The maximum absolute atomic E-state index is 13.1. The number of alkyl carbamates (subject to hydrolysis) is 1. The summed E-state index contributed by atoms with van der Waals surface area (Å²) in [7, 11) is 1.71. The van der Waals surface area contributed by atoms with E-state index in [9.17, 15) is 28.8 Å². The van der Waals surface area contributed by atoms with Gasteiger partial charge in [-0.25, -0.2) is 4.79 Å². The molecule has 0 fully saturated rings. The van der Waals surface area contributed by atoms with Gasteiger partial charge in [0.25, 0.3) is 0 Å². The molecule has 0 aliphatic rings. The minimum Gasteiger partial charge on any atom is -0.444 e. The minimum atomic E-state index is -0.693. The van der Waals surface area contributed by atoms with Crippen molar-refractivity contribution in [3.63, 3.8) is 0 Å². The molecule has 88 heavy (non-hydrogen) atoms. The van der Waals surface area contributed by atoms with Crippen LogP contribution in [-0.2, 0) is 33.4 Å². The summed E-state index contributed by atoms with van der Waals surface area (Å²) in [5.41, 5.74) is -0.543. The lowest BCUT2D eigenvalue weighted by molar-refractivity contribution is -0.129. The first-order valence-electron chi connectivity index (χ1n) is 36.2. The minimum absolute atomic E-state index is 0.0417. The largest absolute Gasteiger partial charge is 0.444 e. The Labute approximate surface area is 549 Å². The normalized spacial score (nSPS) is 10.8. The van der Waals surface area contributed by atoms with E-state index < -0.39 is 23.8 Å². The molecule has 6 N–H and O–H groups in total. The van der Waals surface area contributed by atoms with E-state index >= 15 is 0 Å². The van der Waals surface area contributed by atoms with Crippen LogP contribution < -0.4 is 31.9 Å². The predicted octanol–water partition coefficient (Wildman–Crippen LogP) is 20.1. The Bertz CT molecular complexity index is 1430. The first kappa shape index (κ1) is 103. The quantitative estimate of drug-likeness (QED) is 0.0197. The van der Waals surface area contributed by atoms with Gasteiger partial charge < -0.3 is 41.4 Å². The molecule has 6 amide bonds. The maximum atomic E-state index is 13.1. The molecule has 0 rings (SSSR count). The molecule has 0 saturated carbocycles. The second kappa shape index (κ2) is 89.5. The fourth-order valence-electron chi connectivity index (χ4n) is 7.17. The monoisotopic (exact) mass is 1260 g/mol. The van der Waals surface area contributed by atoms with Gasteiger partial charge in [-0.15, -0.1) is 6.58 Å². The van der Waals surface area contributed by atoms with Crippen molar-refractivity contribution in [1.82, 2.24) is 31.9 Å². The lowest BCUT2D eigenvalue weighted by atomic mass is 10.1. The van der Waals surface area contributed by atoms with Crippen LogP contribution >= 0.6 is 0 Å². The third kappa shape index (κ3) is 107. The standard InChI is InChI=1S/C47H88N6O7.C6H14.C5H12O.C4H10.C3H8.C3H6.3C2H6/c1-6-8-10-11-12-13-14-15-16-17-18-19-20-21-22-28-37-50-45(58)40(31-25-29-35-48-39-54)52-42(55)33-23-24-34-43(56)53-41(44(57)49-36-27-9-7-2)32-26-30-38-51-46(59)60-47(3,4)5;1-3-5-6-4-2;1-5(2,3)6-4;1-3-4-2;2*1-3-2;3*1-2/h15-16,39-41H,6-14,17-38H2,1-5H3,(H,48,54)(H,49,57)(H,50,58)(H,51,59)(H,52,55)(H,53,56);3-6H2,1-2H3;1-4H3;3-4H2,1-2H3;3H2,1-2H3;3H,1H2,2H3;3*1-2H3/b16-15-;;;;;;;;. The number of hydrogen-bond donors (Lipinski definition) is 6. The van der Waals surface area contributed by atoms with Crippen molar-refractivity contribution in [3.05, 3.63) is 24.8 Å². The van der Waals surface area contributed by atoms with Gasteiger partial charge in [0.15, 0.2) is 0 Å². The second-order valence-electron chi connectivity index (χ2n) is 23.3. The highest BCUT2D eigenvalue weighted by molar-refractivity contribution is 5.88. The molecule has 530 valence electrons. The molecular formula is C74H156N6O8. The topological polar surface area (TPSA) is 193 Å². The van der Waals surface area contributed by atoms with Gasteiger partial charge in [-0.05, 0) is 138 Å². The fraction of sp³-hybridized carbons (Fsp3) is 0.865. The van der Waals surface area contributed by atoms with Crippen LogP contribution in [-0.4, -0.2) is 92.7 Å². The summed E-state index contributed by atoms with van der Waals surface area (Å²) in [5.74, 6) is -0.928. The van der Waals surface area contributed by atoms with Crippen molar-refractivity contribution in [2.75, 3.05) is 33.3 Å². The van der Waals surface area contributed by atoms with E-state index in [4.69, 9.17) is 9.47 Å². The van der Waals surface area contributed by atoms with Gasteiger partial charge in [-0.1, -0.05) is 231 Å². The van der Waals surface area contributed by atoms with Crippen LogP contribution in [0.2, 0.25) is 0 Å². The van der Waals surface area contributed by atoms with E-state index in [1.165, 1.54) is 109 Å². The molecule has 0 spiro atoms. The Morgan fingerprint density at radius 2 is 0.727 bits per heavy atom. The summed E-state index contributed by atoms with van der Waals surface area (Å²) in [4.78, 5) is 74.4. The van der Waals surface area contributed by atoms with E-state index in [1.807, 2.05) is 69.2 Å². The van der Waals surface area contributed by atoms with E-state index in [0.717, 1.165) is 44.9 Å². The number of carbonyl (C=O) groups excluding carboxylic acids is 6. The summed E-state index contributed by atoms with van der Waals surface area (Å²) >= 11 is 0. The molecule has 0 aliphatic heterocycles. The zero-order valence-corrected chi connectivity index (χ0v) is 62.8. The Balaban J connectivity index is -0.000000265. The number of ether oxygens (including phenoxy) is 2. The predicted molar refractivity (Wildman–Crippen MR) is 386 cm³/mol. The highest BCUT2D eigenvalue weighted by Crippen LogP contribution is 2.12. The molecule has 0 aromatic carbocycles. The van der Waals surface area contributed by atoms with E-state index in [-0.39, 0.29) is 42.1 Å². The van der Waals surface area contributed by atoms with Gasteiger partial charge in [0.1, 0.15) is 17.7 Å². The summed E-state index contributed by atoms with van der Waals surface area (Å²) in [6, 6.07) is -1.36. The number of carbonyl (C=O) groups is 6. The van der Waals surface area contributed by atoms with Crippen molar-refractivity contribution in [2.24, 2.45) is 0 Å². The van der Waals surface area contributed by atoms with Gasteiger partial charge in [-0.2, -0.15) is 0 Å². The number of methoxy groups -OCH3 is 1. The Morgan fingerprint density at radius 3 is 1.07 bits per heavy atom. The number of unbranched alkanes of at least 4 members (excludes halogenated alkanes) is 21. The lowest BCUT2D eigenvalue weighted by Gasteiger charge is -2.20. The number of rotatable bonds is 44. The van der Waals surface area contributed by atoms with Gasteiger partial charge in [0.05, 0.1) is 5.60 Å². The van der Waals surface area contributed by atoms with Crippen LogP contribution in [0.4, 0.5) is 4.79 Å². The molecule has 0 aromatic rings. The first-order chi connectivity index (χ1) is 42.1. The van der Waals surface area contributed by atoms with Gasteiger partial charge >= 0.3 is 6.09 Å². The third-order valence-corrected chi connectivity index (χ3v) is 12.2. The number of amides is 6. The SMILES string of the molecule is C=CC.CC.CC.CC.CCC.CCCC.CCCCCC.CCCCCCCC/C=C\CCCCCCCCNC(=O)C(CCCCNC=O)NC(=O)CCCCC(=O)NC(CCCCNC(=O)OC(C)(C)C)C(=O)NCCCCC.COC(C)(C)C. The van der Waals surface area contributed by atoms with Crippen molar-refractivity contribution in [1.29, 1.82) is 0 Å². The highest BCUT2D eigenvalue weighted by Gasteiger charge is 2.22. The Morgan fingerprint density at radius 1 is 0.432 bits per heavy atom. The molecule has 14 heteroatoms. The van der Waals surface area contributed by atoms with Crippen LogP contribution in [0.25, 0.3) is 0 Å². The van der Waals surface area contributed by atoms with Crippen LogP contribution in [0.5, 0.6) is 0 Å². The average molecular weight is 1260 g/mol. The number of allylic oxidation sites excluding steroid dienone is 3. The molecule has 0 bridgehead atoms. The van der Waals surface area contributed by atoms with Crippen molar-refractivity contribution in [2.45, 2.75) is 387 Å². The zero-order valence-electron chi connectivity index (χ0n) is 62.8. The summed E-state index contributed by atoms with van der Waals surface area (Å²) in [5, 5.41) is 17.1.